The lowest BCUT2D eigenvalue weighted by Crippen LogP contribution is -2.23. The molecule has 1 amide bonds. The molecule has 1 aliphatic heterocycles. The van der Waals surface area contributed by atoms with Gasteiger partial charge in [-0.25, -0.2) is 8.60 Å². The van der Waals surface area contributed by atoms with Crippen LogP contribution in [0, 0.1) is 5.82 Å². The van der Waals surface area contributed by atoms with Gasteiger partial charge in [-0.2, -0.15) is 5.10 Å². The number of halogens is 1. The van der Waals surface area contributed by atoms with E-state index in [1.54, 1.807) is 24.4 Å². The minimum atomic E-state index is -1.92. The molecule has 24 heavy (non-hydrogen) atoms. The predicted octanol–water partition coefficient (Wildman–Crippen LogP) is 1.59. The van der Waals surface area contributed by atoms with Gasteiger partial charge in [0, 0.05) is 10.9 Å². The summed E-state index contributed by atoms with van der Waals surface area (Å²) in [6.45, 7) is -0.290. The van der Waals surface area contributed by atoms with Gasteiger partial charge in [0.05, 0.1) is 11.7 Å². The number of carbonyl (C=O) groups is 1. The quantitative estimate of drug-likeness (QED) is 0.656. The number of amides is 1. The van der Waals surface area contributed by atoms with Crippen LogP contribution in [0.1, 0.15) is 0 Å². The molecular weight excluding hydrogens is 335 g/mol. The number of hydrogen-bond donors (Lipinski definition) is 3. The molecule has 122 valence electrons. The van der Waals surface area contributed by atoms with Crippen molar-refractivity contribution in [2.24, 2.45) is 0 Å². The topological polar surface area (TPSA) is 98.3 Å². The molecule has 1 fully saturated rings. The van der Waals surface area contributed by atoms with Gasteiger partial charge >= 0.3 is 0 Å². The van der Waals surface area contributed by atoms with Gasteiger partial charge in [0.25, 0.3) is 5.91 Å². The summed E-state index contributed by atoms with van der Waals surface area (Å²) in [5.41, 5.74) is 1.35. The number of nitrogens with one attached hydrogen (secondary N) is 2. The summed E-state index contributed by atoms with van der Waals surface area (Å²) in [7, 11) is 0. The number of aromatic nitrogens is 2. The number of phenolic OH excluding ortho intramolecular Hbond substituents is 1. The van der Waals surface area contributed by atoms with Crippen LogP contribution < -0.4 is 9.03 Å². The molecule has 3 N–H and O–H groups in total. The van der Waals surface area contributed by atoms with E-state index >= 15 is 0 Å². The summed E-state index contributed by atoms with van der Waals surface area (Å²) in [5.74, 6) is -1.63. The third kappa shape index (κ3) is 2.21. The fraction of sp³-hybridized carbons (Fsp3) is 0.0667. The molecule has 0 radical (unpaired) electrons. The Bertz CT molecular complexity index is 1000. The molecule has 0 bridgehead atoms. The van der Waals surface area contributed by atoms with Crippen molar-refractivity contribution in [1.82, 2.24) is 14.9 Å². The highest BCUT2D eigenvalue weighted by atomic mass is 32.2. The number of rotatable bonds is 2. The molecule has 0 aliphatic carbocycles. The van der Waals surface area contributed by atoms with Crippen LogP contribution in [-0.4, -0.2) is 32.0 Å². The summed E-state index contributed by atoms with van der Waals surface area (Å²) in [5, 5.41) is 17.5. The fourth-order valence-corrected chi connectivity index (χ4v) is 3.60. The smallest absolute Gasteiger partial charge is 0.253 e. The number of benzene rings is 2. The van der Waals surface area contributed by atoms with Crippen LogP contribution in [0.4, 0.5) is 10.1 Å². The Hall–Kier alpha value is -2.94. The Morgan fingerprint density at radius 3 is 2.88 bits per heavy atom. The predicted molar refractivity (Wildman–Crippen MR) is 86.8 cm³/mol. The molecule has 4 rings (SSSR count). The number of fused-ring (bicyclic) bond motifs is 1. The van der Waals surface area contributed by atoms with Crippen molar-refractivity contribution < 1.29 is 18.5 Å². The van der Waals surface area contributed by atoms with Gasteiger partial charge in [-0.15, -0.1) is 0 Å². The van der Waals surface area contributed by atoms with E-state index in [1.165, 1.54) is 12.1 Å². The third-order valence-electron chi connectivity index (χ3n) is 3.78. The number of H-pyrrole nitrogens is 1. The fourth-order valence-electron chi connectivity index (χ4n) is 2.66. The second kappa shape index (κ2) is 5.31. The monoisotopic (exact) mass is 346 g/mol. The minimum Gasteiger partial charge on any atom is -0.506 e. The van der Waals surface area contributed by atoms with E-state index in [-0.39, 0.29) is 23.5 Å². The summed E-state index contributed by atoms with van der Waals surface area (Å²) in [4.78, 5) is 11.4. The van der Waals surface area contributed by atoms with Crippen molar-refractivity contribution >= 4 is 33.7 Å². The van der Waals surface area contributed by atoms with Gasteiger partial charge in [0.2, 0.25) is 11.2 Å². The first-order valence-electron chi connectivity index (χ1n) is 6.98. The van der Waals surface area contributed by atoms with E-state index in [2.05, 4.69) is 14.9 Å². The second-order valence-corrected chi connectivity index (χ2v) is 6.42. The van der Waals surface area contributed by atoms with Gasteiger partial charge in [0.15, 0.2) is 5.82 Å². The molecule has 0 spiro atoms. The van der Waals surface area contributed by atoms with E-state index in [9.17, 15) is 18.5 Å². The lowest BCUT2D eigenvalue weighted by atomic mass is 10.0. The standard InChI is InChI=1S/C15H11FN4O3S/c16-14-10(8-1-3-11-9(5-8)6-17-18-11)2-4-12(21)15(14)20-7-13(22)19-24(20)23/h1-6,21H,7H2,(H,17,18)(H,19,22). The van der Waals surface area contributed by atoms with Crippen LogP contribution in [0.5, 0.6) is 5.75 Å². The normalized spacial score (nSPS) is 17.5. The molecule has 1 unspecified atom stereocenters. The van der Waals surface area contributed by atoms with Crippen LogP contribution in [0.15, 0.2) is 36.5 Å². The molecule has 2 aromatic carbocycles. The molecule has 3 aromatic rings. The number of aromatic amines is 1. The lowest BCUT2D eigenvalue weighted by molar-refractivity contribution is -0.117. The number of aromatic hydroxyl groups is 1. The Labute approximate surface area is 137 Å². The largest absolute Gasteiger partial charge is 0.506 e. The Balaban J connectivity index is 1.86. The molecule has 1 saturated heterocycles. The molecule has 1 atom stereocenters. The highest BCUT2D eigenvalue weighted by Crippen LogP contribution is 2.38. The van der Waals surface area contributed by atoms with Crippen molar-refractivity contribution in [2.75, 3.05) is 10.8 Å². The maximum absolute atomic E-state index is 15.0. The molecule has 9 heteroatoms. The van der Waals surface area contributed by atoms with Crippen LogP contribution in [-0.2, 0) is 16.0 Å². The van der Waals surface area contributed by atoms with E-state index < -0.39 is 22.9 Å². The van der Waals surface area contributed by atoms with E-state index in [4.69, 9.17) is 0 Å². The van der Waals surface area contributed by atoms with Gasteiger partial charge in [-0.3, -0.25) is 18.9 Å². The first-order chi connectivity index (χ1) is 11.5. The lowest BCUT2D eigenvalue weighted by Gasteiger charge is -2.18. The van der Waals surface area contributed by atoms with Crippen LogP contribution in [0.3, 0.4) is 0 Å². The highest BCUT2D eigenvalue weighted by molar-refractivity contribution is 7.85. The van der Waals surface area contributed by atoms with E-state index in [1.807, 2.05) is 0 Å². The van der Waals surface area contributed by atoms with Crippen LogP contribution in [0.25, 0.3) is 22.0 Å². The van der Waals surface area contributed by atoms with Gasteiger partial charge in [0.1, 0.15) is 18.0 Å². The van der Waals surface area contributed by atoms with Gasteiger partial charge in [-0.05, 0) is 29.8 Å². The van der Waals surface area contributed by atoms with Crippen molar-refractivity contribution in [3.05, 3.63) is 42.3 Å². The summed E-state index contributed by atoms with van der Waals surface area (Å²) in [6, 6.07) is 7.98. The van der Waals surface area contributed by atoms with Gasteiger partial charge in [-0.1, -0.05) is 6.07 Å². The molecule has 1 aliphatic rings. The molecular formula is C15H11FN4O3S. The summed E-state index contributed by atoms with van der Waals surface area (Å²) in [6.07, 6.45) is 1.62. The van der Waals surface area contributed by atoms with E-state index in [0.29, 0.717) is 5.56 Å². The summed E-state index contributed by atoms with van der Waals surface area (Å²) < 4.78 is 30.1. The molecule has 2 heterocycles. The molecule has 0 saturated carbocycles. The molecule has 1 aromatic heterocycles. The molecule has 7 nitrogen and oxygen atoms in total. The van der Waals surface area contributed by atoms with Crippen LogP contribution >= 0.6 is 0 Å². The average molecular weight is 346 g/mol. The Morgan fingerprint density at radius 1 is 1.29 bits per heavy atom. The zero-order valence-corrected chi connectivity index (χ0v) is 12.9. The van der Waals surface area contributed by atoms with Crippen LogP contribution in [0.2, 0.25) is 0 Å². The van der Waals surface area contributed by atoms with Crippen molar-refractivity contribution in [3.8, 4) is 16.9 Å². The summed E-state index contributed by atoms with van der Waals surface area (Å²) >= 11 is -1.92. The van der Waals surface area contributed by atoms with Gasteiger partial charge < -0.3 is 5.11 Å². The highest BCUT2D eigenvalue weighted by Gasteiger charge is 2.32. The SMILES string of the molecule is O=C1CN(c2c(O)ccc(-c3ccc4[nH]ncc4c3)c2F)S(=O)N1. The van der Waals surface area contributed by atoms with Crippen molar-refractivity contribution in [1.29, 1.82) is 0 Å². The first kappa shape index (κ1) is 14.6. The number of hydrogen-bond acceptors (Lipinski definition) is 4. The Kier molecular flexibility index (Phi) is 3.24. The minimum absolute atomic E-state index is 0.224. The van der Waals surface area contributed by atoms with Crippen molar-refractivity contribution in [2.45, 2.75) is 0 Å². The Morgan fingerprint density at radius 2 is 2.12 bits per heavy atom. The number of carbonyl (C=O) groups excluding carboxylic acids is 1. The first-order valence-corrected chi connectivity index (χ1v) is 8.09. The number of anilines is 1. The van der Waals surface area contributed by atoms with Crippen molar-refractivity contribution in [3.63, 3.8) is 0 Å². The number of nitrogens with zero attached hydrogens (tertiary/aromatic N) is 2. The average Bonchev–Trinajstić information content (AvgIpc) is 3.13. The van der Waals surface area contributed by atoms with E-state index in [0.717, 1.165) is 15.2 Å². The zero-order valence-electron chi connectivity index (χ0n) is 12.1. The third-order valence-corrected chi connectivity index (χ3v) is 4.90. The number of phenols is 1. The maximum Gasteiger partial charge on any atom is 0.253 e. The second-order valence-electron chi connectivity index (χ2n) is 5.28. The zero-order chi connectivity index (χ0) is 16.8. The maximum atomic E-state index is 15.0.